The predicted octanol–water partition coefficient (Wildman–Crippen LogP) is 3.22. The lowest BCUT2D eigenvalue weighted by atomic mass is 9.64. The van der Waals surface area contributed by atoms with Crippen LogP contribution in [0.5, 0.6) is 0 Å². The van der Waals surface area contributed by atoms with Crippen LogP contribution in [0.2, 0.25) is 0 Å². The maximum atomic E-state index is 11.3. The molecule has 1 aliphatic rings. The van der Waals surface area contributed by atoms with E-state index in [1.807, 2.05) is 6.92 Å². The maximum Gasteiger partial charge on any atom is 0.238 e. The number of guanidine groups is 1. The number of benzene rings is 1. The summed E-state index contributed by atoms with van der Waals surface area (Å²) >= 11 is 0. The lowest BCUT2D eigenvalue weighted by Gasteiger charge is -2.43. The molecule has 1 fully saturated rings. The first-order chi connectivity index (χ1) is 12.2. The van der Waals surface area contributed by atoms with Gasteiger partial charge in [0.2, 0.25) is 10.0 Å². The summed E-state index contributed by atoms with van der Waals surface area (Å²) in [4.78, 5) is 4.75. The van der Waals surface area contributed by atoms with Crippen LogP contribution >= 0.6 is 24.0 Å². The molecule has 2 rings (SSSR count). The number of nitrogens with one attached hydrogen (secondary N) is 2. The molecule has 1 saturated carbocycles. The van der Waals surface area contributed by atoms with Crippen molar-refractivity contribution < 1.29 is 8.42 Å². The molecule has 27 heavy (non-hydrogen) atoms. The summed E-state index contributed by atoms with van der Waals surface area (Å²) in [5.74, 6) is 1.51. The van der Waals surface area contributed by atoms with Crippen molar-refractivity contribution in [2.24, 2.45) is 21.5 Å². The van der Waals surface area contributed by atoms with E-state index in [2.05, 4.69) is 29.5 Å². The first-order valence-corrected chi connectivity index (χ1v) is 10.9. The Labute approximate surface area is 180 Å². The van der Waals surface area contributed by atoms with E-state index >= 15 is 0 Å². The zero-order valence-electron chi connectivity index (χ0n) is 16.5. The van der Waals surface area contributed by atoms with Crippen molar-refractivity contribution in [3.05, 3.63) is 29.8 Å². The van der Waals surface area contributed by atoms with E-state index in [1.54, 1.807) is 12.1 Å². The minimum atomic E-state index is -3.65. The van der Waals surface area contributed by atoms with E-state index in [4.69, 9.17) is 5.14 Å². The Hall–Kier alpha value is -0.870. The summed E-state index contributed by atoms with van der Waals surface area (Å²) in [6, 6.07) is 6.54. The van der Waals surface area contributed by atoms with Gasteiger partial charge in [0.15, 0.2) is 5.96 Å². The Morgan fingerprint density at radius 1 is 1.22 bits per heavy atom. The number of halogens is 1. The molecule has 0 atom stereocenters. The number of sulfonamides is 1. The third kappa shape index (κ3) is 7.57. The molecule has 1 aromatic carbocycles. The monoisotopic (exact) mass is 508 g/mol. The van der Waals surface area contributed by atoms with Crippen molar-refractivity contribution in [1.29, 1.82) is 0 Å². The highest BCUT2D eigenvalue weighted by Crippen LogP contribution is 2.45. The highest BCUT2D eigenvalue weighted by molar-refractivity contribution is 14.0. The van der Waals surface area contributed by atoms with Crippen LogP contribution in [0.25, 0.3) is 0 Å². The minimum Gasteiger partial charge on any atom is -0.357 e. The van der Waals surface area contributed by atoms with Crippen LogP contribution in [-0.4, -0.2) is 27.5 Å². The largest absolute Gasteiger partial charge is 0.357 e. The number of nitrogens with two attached hydrogens (primary N) is 1. The lowest BCUT2D eigenvalue weighted by Crippen LogP contribution is -2.47. The number of hydrogen-bond donors (Lipinski definition) is 3. The fourth-order valence-electron chi connectivity index (χ4n) is 3.56. The second kappa shape index (κ2) is 10.6. The van der Waals surface area contributed by atoms with Crippen molar-refractivity contribution in [1.82, 2.24) is 10.6 Å². The topological polar surface area (TPSA) is 96.6 Å². The highest BCUT2D eigenvalue weighted by atomic mass is 127. The van der Waals surface area contributed by atoms with Crippen molar-refractivity contribution in [2.75, 3.05) is 13.1 Å². The van der Waals surface area contributed by atoms with E-state index in [-0.39, 0.29) is 28.9 Å². The maximum absolute atomic E-state index is 11.3. The van der Waals surface area contributed by atoms with E-state index in [0.29, 0.717) is 17.9 Å². The Morgan fingerprint density at radius 2 is 1.85 bits per heavy atom. The number of rotatable bonds is 8. The van der Waals surface area contributed by atoms with Gasteiger partial charge in [0.25, 0.3) is 0 Å². The van der Waals surface area contributed by atoms with Gasteiger partial charge in [-0.15, -0.1) is 24.0 Å². The first kappa shape index (κ1) is 24.2. The number of hydrogen-bond acceptors (Lipinski definition) is 3. The van der Waals surface area contributed by atoms with Crippen LogP contribution < -0.4 is 15.8 Å². The highest BCUT2D eigenvalue weighted by Gasteiger charge is 2.37. The van der Waals surface area contributed by atoms with Crippen LogP contribution in [0.3, 0.4) is 0 Å². The second-order valence-corrected chi connectivity index (χ2v) is 9.25. The standard InChI is InChI=1S/C19H32N4O2S.HI/c1-4-21-18(23-14-19(10-5-11-19)12-15(2)3)22-13-16-6-8-17(9-7-16)26(20,24)25;/h6-9,15H,4-5,10-14H2,1-3H3,(H2,20,24,25)(H2,21,22,23);1H. The summed E-state index contributed by atoms with van der Waals surface area (Å²) < 4.78 is 22.6. The van der Waals surface area contributed by atoms with Gasteiger partial charge in [-0.05, 0) is 55.2 Å². The van der Waals surface area contributed by atoms with Gasteiger partial charge >= 0.3 is 0 Å². The Bertz CT molecular complexity index is 714. The molecule has 1 aromatic rings. The zero-order chi connectivity index (χ0) is 19.2. The molecule has 0 heterocycles. The summed E-state index contributed by atoms with van der Waals surface area (Å²) in [5.41, 5.74) is 1.34. The van der Waals surface area contributed by atoms with Crippen LogP contribution in [0.15, 0.2) is 34.2 Å². The zero-order valence-corrected chi connectivity index (χ0v) is 19.6. The summed E-state index contributed by atoms with van der Waals surface area (Å²) in [7, 11) is -3.65. The third-order valence-electron chi connectivity index (χ3n) is 4.90. The van der Waals surface area contributed by atoms with Crippen LogP contribution in [-0.2, 0) is 16.6 Å². The molecule has 4 N–H and O–H groups in total. The van der Waals surface area contributed by atoms with Crippen molar-refractivity contribution in [2.45, 2.75) is 57.9 Å². The van der Waals surface area contributed by atoms with Crippen molar-refractivity contribution in [3.63, 3.8) is 0 Å². The molecule has 8 heteroatoms. The molecule has 154 valence electrons. The smallest absolute Gasteiger partial charge is 0.238 e. The van der Waals surface area contributed by atoms with Gasteiger partial charge in [-0.1, -0.05) is 32.4 Å². The molecular weight excluding hydrogens is 475 g/mol. The summed E-state index contributed by atoms with van der Waals surface area (Å²) in [6.45, 7) is 8.84. The summed E-state index contributed by atoms with van der Waals surface area (Å²) in [5, 5.41) is 11.9. The molecule has 0 aliphatic heterocycles. The van der Waals surface area contributed by atoms with Crippen LogP contribution in [0, 0.1) is 11.3 Å². The molecule has 0 saturated heterocycles. The summed E-state index contributed by atoms with van der Waals surface area (Å²) in [6.07, 6.45) is 5.13. The van der Waals surface area contributed by atoms with Gasteiger partial charge in [-0.3, -0.25) is 0 Å². The van der Waals surface area contributed by atoms with Gasteiger partial charge in [0.1, 0.15) is 0 Å². The third-order valence-corrected chi connectivity index (χ3v) is 5.83. The van der Waals surface area contributed by atoms with E-state index in [9.17, 15) is 8.42 Å². The second-order valence-electron chi connectivity index (χ2n) is 7.69. The molecule has 0 spiro atoms. The van der Waals surface area contributed by atoms with E-state index in [0.717, 1.165) is 24.6 Å². The minimum absolute atomic E-state index is 0. The first-order valence-electron chi connectivity index (χ1n) is 9.38. The molecular formula is C19H33IN4O2S. The normalized spacial score (nSPS) is 16.4. The van der Waals surface area contributed by atoms with Gasteiger partial charge in [-0.2, -0.15) is 0 Å². The van der Waals surface area contributed by atoms with Crippen LogP contribution in [0.1, 0.15) is 52.0 Å². The van der Waals surface area contributed by atoms with Gasteiger partial charge in [0, 0.05) is 13.1 Å². The van der Waals surface area contributed by atoms with Gasteiger partial charge < -0.3 is 10.6 Å². The van der Waals surface area contributed by atoms with E-state index < -0.39 is 10.0 Å². The van der Waals surface area contributed by atoms with Crippen molar-refractivity contribution >= 4 is 40.0 Å². The number of nitrogens with zero attached hydrogens (tertiary/aromatic N) is 1. The lowest BCUT2D eigenvalue weighted by molar-refractivity contribution is 0.104. The Balaban J connectivity index is 0.00000364. The predicted molar refractivity (Wildman–Crippen MR) is 122 cm³/mol. The molecule has 0 bridgehead atoms. The molecule has 0 aromatic heterocycles. The number of primary sulfonamides is 1. The molecule has 6 nitrogen and oxygen atoms in total. The van der Waals surface area contributed by atoms with Crippen molar-refractivity contribution in [3.8, 4) is 0 Å². The Morgan fingerprint density at radius 3 is 2.30 bits per heavy atom. The van der Waals surface area contributed by atoms with Gasteiger partial charge in [0.05, 0.1) is 11.4 Å². The van der Waals surface area contributed by atoms with Gasteiger partial charge in [-0.25, -0.2) is 18.5 Å². The fraction of sp³-hybridized carbons (Fsp3) is 0.632. The molecule has 1 aliphatic carbocycles. The fourth-order valence-corrected chi connectivity index (χ4v) is 4.08. The SMILES string of the molecule is CCNC(=NCc1ccc(S(N)(=O)=O)cc1)NCC1(CC(C)C)CCC1.I. The Kier molecular flexibility index (Phi) is 9.50. The van der Waals surface area contributed by atoms with E-state index in [1.165, 1.54) is 37.8 Å². The quantitative estimate of drug-likeness (QED) is 0.286. The number of aliphatic imine (C=N–C) groups is 1. The average molecular weight is 508 g/mol. The molecule has 0 unspecified atom stereocenters. The molecule has 0 amide bonds. The van der Waals surface area contributed by atoms with Crippen LogP contribution in [0.4, 0.5) is 0 Å². The molecule has 0 radical (unpaired) electrons. The average Bonchev–Trinajstić information content (AvgIpc) is 2.53.